The normalized spacial score (nSPS) is 11.6. The van der Waals surface area contributed by atoms with Crippen molar-refractivity contribution in [3.05, 3.63) is 22.2 Å². The number of hydrogen-bond acceptors (Lipinski definition) is 3. The molecule has 12 heavy (non-hydrogen) atoms. The van der Waals surface area contributed by atoms with Gasteiger partial charge >= 0.3 is 5.00 Å². The lowest BCUT2D eigenvalue weighted by Crippen LogP contribution is -2.33. The average molecular weight is 187 g/mol. The van der Waals surface area contributed by atoms with Gasteiger partial charge in [0.15, 0.2) is 5.00 Å². The second-order valence-corrected chi connectivity index (χ2v) is 4.42. The fourth-order valence-corrected chi connectivity index (χ4v) is 1.61. The SMILES string of the molecule is C[N+](C)(C)c1ccc([N+](=O)[O-])s1. The number of thiophene rings is 1. The summed E-state index contributed by atoms with van der Waals surface area (Å²) in [6.45, 7) is 0. The fraction of sp³-hybridized carbons (Fsp3) is 0.429. The molecular weight excluding hydrogens is 176 g/mol. The molecule has 0 bridgehead atoms. The third-order valence-electron chi connectivity index (χ3n) is 1.42. The van der Waals surface area contributed by atoms with Crippen molar-refractivity contribution in [2.75, 3.05) is 21.1 Å². The van der Waals surface area contributed by atoms with E-state index in [4.69, 9.17) is 0 Å². The van der Waals surface area contributed by atoms with E-state index >= 15 is 0 Å². The van der Waals surface area contributed by atoms with Crippen LogP contribution < -0.4 is 4.48 Å². The smallest absolute Gasteiger partial charge is 0.289 e. The van der Waals surface area contributed by atoms with Gasteiger partial charge in [-0.1, -0.05) is 0 Å². The predicted molar refractivity (Wildman–Crippen MR) is 50.5 cm³/mol. The molecule has 5 heteroatoms. The van der Waals surface area contributed by atoms with Crippen molar-refractivity contribution in [3.63, 3.8) is 0 Å². The quantitative estimate of drug-likeness (QED) is 0.403. The van der Waals surface area contributed by atoms with Crippen LogP contribution in [-0.4, -0.2) is 26.1 Å². The molecule has 0 aliphatic carbocycles. The third-order valence-corrected chi connectivity index (χ3v) is 2.81. The van der Waals surface area contributed by atoms with Gasteiger partial charge in [0, 0.05) is 12.1 Å². The molecule has 0 amide bonds. The van der Waals surface area contributed by atoms with Crippen LogP contribution in [0.3, 0.4) is 0 Å². The predicted octanol–water partition coefficient (Wildman–Crippen LogP) is 1.85. The van der Waals surface area contributed by atoms with Gasteiger partial charge in [-0.05, 0) is 11.3 Å². The number of nitrogens with zero attached hydrogens (tertiary/aromatic N) is 2. The van der Waals surface area contributed by atoms with E-state index in [0.29, 0.717) is 4.48 Å². The van der Waals surface area contributed by atoms with E-state index in [-0.39, 0.29) is 9.92 Å². The van der Waals surface area contributed by atoms with Gasteiger partial charge in [-0.2, -0.15) is 0 Å². The second kappa shape index (κ2) is 2.84. The molecule has 66 valence electrons. The fourth-order valence-electron chi connectivity index (χ4n) is 0.776. The highest BCUT2D eigenvalue weighted by atomic mass is 32.1. The second-order valence-electron chi connectivity index (χ2n) is 3.38. The minimum absolute atomic E-state index is 0.207. The molecule has 4 nitrogen and oxygen atoms in total. The first-order valence-electron chi connectivity index (χ1n) is 3.47. The number of quaternary nitrogens is 1. The van der Waals surface area contributed by atoms with Crippen molar-refractivity contribution in [3.8, 4) is 0 Å². The summed E-state index contributed by atoms with van der Waals surface area (Å²) in [5.41, 5.74) is 0. The van der Waals surface area contributed by atoms with Gasteiger partial charge in [0.25, 0.3) is 0 Å². The Kier molecular flexibility index (Phi) is 2.16. The molecule has 0 saturated carbocycles. The molecule has 0 aliphatic rings. The standard InChI is InChI=1S/C7H11N2O2S/c1-9(2,3)7-5-4-6(12-7)8(10)11/h4-5H,1-3H3/q+1. The summed E-state index contributed by atoms with van der Waals surface area (Å²) in [7, 11) is 5.95. The first-order chi connectivity index (χ1) is 5.41. The summed E-state index contributed by atoms with van der Waals surface area (Å²) in [4.78, 5) is 9.99. The lowest BCUT2D eigenvalue weighted by Gasteiger charge is -2.19. The number of nitro groups is 1. The number of rotatable bonds is 2. The molecule has 1 aromatic heterocycles. The van der Waals surface area contributed by atoms with Crippen molar-refractivity contribution in [2.24, 2.45) is 0 Å². The molecule has 0 N–H and O–H groups in total. The van der Waals surface area contributed by atoms with Gasteiger partial charge in [0.2, 0.25) is 0 Å². The van der Waals surface area contributed by atoms with Crippen molar-refractivity contribution in [1.29, 1.82) is 0 Å². The minimum atomic E-state index is -0.357. The molecule has 0 spiro atoms. The van der Waals surface area contributed by atoms with Gasteiger partial charge in [0.05, 0.1) is 26.1 Å². The molecule has 0 unspecified atom stereocenters. The lowest BCUT2D eigenvalue weighted by molar-refractivity contribution is -0.380. The topological polar surface area (TPSA) is 43.1 Å². The molecule has 0 saturated heterocycles. The van der Waals surface area contributed by atoms with Crippen molar-refractivity contribution in [1.82, 2.24) is 4.48 Å². The van der Waals surface area contributed by atoms with Crippen molar-refractivity contribution >= 4 is 21.3 Å². The third kappa shape index (κ3) is 1.80. The largest absolute Gasteiger partial charge is 0.329 e. The van der Waals surface area contributed by atoms with Crippen LogP contribution in [-0.2, 0) is 0 Å². The molecule has 0 atom stereocenters. The van der Waals surface area contributed by atoms with Crippen LogP contribution in [0.15, 0.2) is 12.1 Å². The molecule has 0 aromatic carbocycles. The Labute approximate surface area is 74.8 Å². The van der Waals surface area contributed by atoms with Crippen LogP contribution in [0.5, 0.6) is 0 Å². The van der Waals surface area contributed by atoms with Crippen LogP contribution in [0, 0.1) is 10.1 Å². The Morgan fingerprint density at radius 3 is 2.25 bits per heavy atom. The highest BCUT2D eigenvalue weighted by Gasteiger charge is 2.19. The van der Waals surface area contributed by atoms with Gasteiger partial charge in [-0.3, -0.25) is 14.6 Å². The molecule has 0 radical (unpaired) electrons. The Balaban J connectivity index is 3.00. The van der Waals surface area contributed by atoms with E-state index in [2.05, 4.69) is 0 Å². The average Bonchev–Trinajstić information content (AvgIpc) is 2.30. The summed E-state index contributed by atoms with van der Waals surface area (Å²) < 4.78 is 0.624. The summed E-state index contributed by atoms with van der Waals surface area (Å²) in [6, 6.07) is 3.34. The maximum atomic E-state index is 10.4. The van der Waals surface area contributed by atoms with E-state index in [0.717, 1.165) is 5.00 Å². The summed E-state index contributed by atoms with van der Waals surface area (Å²) in [6.07, 6.45) is 0. The highest BCUT2D eigenvalue weighted by molar-refractivity contribution is 7.18. The molecular formula is C7H11N2O2S+. The summed E-state index contributed by atoms with van der Waals surface area (Å²) in [5.74, 6) is 0. The maximum Gasteiger partial charge on any atom is 0.329 e. The van der Waals surface area contributed by atoms with E-state index < -0.39 is 0 Å². The molecule has 1 aromatic rings. The van der Waals surface area contributed by atoms with E-state index in [9.17, 15) is 10.1 Å². The van der Waals surface area contributed by atoms with Crippen LogP contribution in [0.25, 0.3) is 0 Å². The molecule has 1 heterocycles. The van der Waals surface area contributed by atoms with Crippen LogP contribution >= 0.6 is 11.3 Å². The summed E-state index contributed by atoms with van der Waals surface area (Å²) in [5, 5.41) is 11.5. The van der Waals surface area contributed by atoms with Crippen LogP contribution in [0.2, 0.25) is 0 Å². The Morgan fingerprint density at radius 2 is 2.00 bits per heavy atom. The molecule has 0 aliphatic heterocycles. The monoisotopic (exact) mass is 187 g/mol. The number of hydrogen-bond donors (Lipinski definition) is 0. The first-order valence-corrected chi connectivity index (χ1v) is 4.29. The van der Waals surface area contributed by atoms with E-state index in [1.54, 1.807) is 12.1 Å². The Bertz CT molecular complexity index is 301. The van der Waals surface area contributed by atoms with Crippen LogP contribution in [0.4, 0.5) is 10.0 Å². The van der Waals surface area contributed by atoms with Gasteiger partial charge in [-0.25, -0.2) is 0 Å². The zero-order valence-corrected chi connectivity index (χ0v) is 8.09. The molecule has 1 rings (SSSR count). The Hall–Kier alpha value is -0.940. The van der Waals surface area contributed by atoms with E-state index in [1.807, 2.05) is 21.1 Å². The van der Waals surface area contributed by atoms with Crippen LogP contribution in [0.1, 0.15) is 0 Å². The van der Waals surface area contributed by atoms with Gasteiger partial charge < -0.3 is 0 Å². The van der Waals surface area contributed by atoms with Gasteiger partial charge in [-0.15, -0.1) is 0 Å². The minimum Gasteiger partial charge on any atom is -0.289 e. The van der Waals surface area contributed by atoms with Gasteiger partial charge in [0.1, 0.15) is 0 Å². The van der Waals surface area contributed by atoms with E-state index in [1.165, 1.54) is 11.3 Å². The van der Waals surface area contributed by atoms with Crippen molar-refractivity contribution < 1.29 is 4.92 Å². The molecule has 0 fully saturated rings. The maximum absolute atomic E-state index is 10.4. The summed E-state index contributed by atoms with van der Waals surface area (Å²) >= 11 is 1.22. The Morgan fingerprint density at radius 1 is 1.42 bits per heavy atom. The zero-order chi connectivity index (χ0) is 9.35. The first kappa shape index (κ1) is 9.15. The lowest BCUT2D eigenvalue weighted by atomic mass is 10.5. The zero-order valence-electron chi connectivity index (χ0n) is 7.27. The highest BCUT2D eigenvalue weighted by Crippen LogP contribution is 2.32. The van der Waals surface area contributed by atoms with Crippen molar-refractivity contribution in [2.45, 2.75) is 0 Å².